The highest BCUT2D eigenvalue weighted by molar-refractivity contribution is 5.05. The van der Waals surface area contributed by atoms with E-state index < -0.39 is 0 Å². The average Bonchev–Trinajstić information content (AvgIpc) is 4.00. The van der Waals surface area contributed by atoms with E-state index in [2.05, 4.69) is 126 Å². The van der Waals surface area contributed by atoms with E-state index >= 15 is 0 Å². The fourth-order valence-electron chi connectivity index (χ4n) is 4.30. The molecule has 26 heteroatoms. The van der Waals surface area contributed by atoms with E-state index in [9.17, 15) is 0 Å². The molecule has 0 spiro atoms. The van der Waals surface area contributed by atoms with Gasteiger partial charge in [-0.2, -0.15) is 35.7 Å². The molecule has 12 aromatic rings. The zero-order valence-corrected chi connectivity index (χ0v) is 48.8. The highest BCUT2D eigenvalue weighted by atomic mass is 15.3. The first-order valence-electron chi connectivity index (χ1n) is 24.9. The topological polar surface area (TPSA) is 327 Å². The third kappa shape index (κ3) is 47.9. The second-order valence-electron chi connectivity index (χ2n) is 15.9. The first kappa shape index (κ1) is 70.0. The molecule has 0 saturated heterocycles. The van der Waals surface area contributed by atoms with Gasteiger partial charge in [0, 0.05) is 105 Å². The second-order valence-corrected chi connectivity index (χ2v) is 15.9. The van der Waals surface area contributed by atoms with Gasteiger partial charge in [-0.3, -0.25) is 24.6 Å². The Labute approximate surface area is 484 Å². The number of pyridine rings is 2. The van der Waals surface area contributed by atoms with Crippen LogP contribution in [0.5, 0.6) is 0 Å². The molecule has 0 bridgehead atoms. The van der Waals surface area contributed by atoms with E-state index in [-0.39, 0.29) is 0 Å². The summed E-state index contributed by atoms with van der Waals surface area (Å²) in [4.78, 5) is 60.8. The van der Waals surface area contributed by atoms with Crippen LogP contribution >= 0.6 is 0 Å². The zero-order chi connectivity index (χ0) is 60.6. The van der Waals surface area contributed by atoms with Crippen LogP contribution in [-0.2, 0) is 7.05 Å². The quantitative estimate of drug-likeness (QED) is 0.139. The minimum atomic E-state index is 0.711. The van der Waals surface area contributed by atoms with Crippen LogP contribution < -0.4 is 0 Å². The lowest BCUT2D eigenvalue weighted by atomic mass is 10.3. The van der Waals surface area contributed by atoms with Gasteiger partial charge in [0.15, 0.2) is 0 Å². The first-order valence-corrected chi connectivity index (χ1v) is 24.9. The summed E-state index contributed by atoms with van der Waals surface area (Å²) in [5, 5.41) is 32.7. The smallest absolute Gasteiger partial charge is 0.147 e. The maximum Gasteiger partial charge on any atom is 0.147 e. The molecular formula is C57H70N26. The van der Waals surface area contributed by atoms with Crippen LogP contribution in [0.25, 0.3) is 0 Å². The van der Waals surface area contributed by atoms with Crippen LogP contribution in [0.1, 0.15) is 62.6 Å². The lowest BCUT2D eigenvalue weighted by molar-refractivity contribution is 0.765. The van der Waals surface area contributed by atoms with Gasteiger partial charge in [-0.1, -0.05) is 12.1 Å². The molecule has 83 heavy (non-hydrogen) atoms. The van der Waals surface area contributed by atoms with Gasteiger partial charge in [-0.05, 0) is 141 Å². The van der Waals surface area contributed by atoms with E-state index in [4.69, 9.17) is 0 Å². The van der Waals surface area contributed by atoms with E-state index in [0.717, 1.165) is 51.2 Å². The summed E-state index contributed by atoms with van der Waals surface area (Å²) in [6.45, 7) is 21.0. The van der Waals surface area contributed by atoms with Gasteiger partial charge in [-0.25, -0.2) is 59.8 Å². The number of rotatable bonds is 0. The third-order valence-corrected chi connectivity index (χ3v) is 8.22. The van der Waals surface area contributed by atoms with Crippen molar-refractivity contribution >= 4 is 0 Å². The molecule has 12 heterocycles. The Morgan fingerprint density at radius 2 is 0.855 bits per heavy atom. The summed E-state index contributed by atoms with van der Waals surface area (Å²) >= 11 is 0. The number of hydrogen-bond acceptors (Lipinski definition) is 25. The summed E-state index contributed by atoms with van der Waals surface area (Å²) in [7, 11) is 1.83. The van der Waals surface area contributed by atoms with E-state index in [1.165, 1.54) is 43.5 Å². The molecule has 0 unspecified atom stereocenters. The van der Waals surface area contributed by atoms with Crippen LogP contribution in [0.4, 0.5) is 0 Å². The predicted molar refractivity (Wildman–Crippen MR) is 313 cm³/mol. The van der Waals surface area contributed by atoms with Crippen LogP contribution in [0, 0.1) is 76.2 Å². The van der Waals surface area contributed by atoms with Crippen molar-refractivity contribution in [3.05, 3.63) is 273 Å². The van der Waals surface area contributed by atoms with Crippen molar-refractivity contribution < 1.29 is 0 Å². The molecule has 0 saturated carbocycles. The summed E-state index contributed by atoms with van der Waals surface area (Å²) in [6.07, 6.45) is 39.6. The maximum absolute atomic E-state index is 3.98. The van der Waals surface area contributed by atoms with E-state index in [1.807, 2.05) is 137 Å². The van der Waals surface area contributed by atoms with Crippen molar-refractivity contribution in [2.45, 2.75) is 76.2 Å². The zero-order valence-electron chi connectivity index (χ0n) is 48.8. The second kappa shape index (κ2) is 49.3. The molecule has 0 aliphatic carbocycles. The van der Waals surface area contributed by atoms with Gasteiger partial charge >= 0.3 is 0 Å². The van der Waals surface area contributed by atoms with Gasteiger partial charge in [0.05, 0.1) is 35.7 Å². The Bertz CT molecular complexity index is 2490. The lowest BCUT2D eigenvalue weighted by Gasteiger charge is -1.82. The van der Waals surface area contributed by atoms with Crippen molar-refractivity contribution in [2.75, 3.05) is 0 Å². The Kier molecular flexibility index (Phi) is 41.5. The normalized spacial score (nSPS) is 8.72. The largest absolute Gasteiger partial charge is 0.264 e. The lowest BCUT2D eigenvalue weighted by Crippen LogP contribution is -1.85. The van der Waals surface area contributed by atoms with Crippen LogP contribution in [0.2, 0.25) is 0 Å². The van der Waals surface area contributed by atoms with Gasteiger partial charge < -0.3 is 0 Å². The summed E-state index contributed by atoms with van der Waals surface area (Å²) in [5.41, 5.74) is 8.31. The average molecular weight is 1120 g/mol. The van der Waals surface area contributed by atoms with Crippen molar-refractivity contribution in [2.24, 2.45) is 7.05 Å². The number of aromatic nitrogens is 26. The monoisotopic (exact) mass is 1120 g/mol. The third-order valence-electron chi connectivity index (χ3n) is 8.22. The Hall–Kier alpha value is -11.0. The highest BCUT2D eigenvalue weighted by Gasteiger charge is 1.81. The molecule has 0 N–H and O–H groups in total. The highest BCUT2D eigenvalue weighted by Crippen LogP contribution is 1.90. The minimum Gasteiger partial charge on any atom is -0.264 e. The maximum atomic E-state index is 3.98. The molecule has 0 fully saturated rings. The first-order chi connectivity index (χ1) is 40.2. The van der Waals surface area contributed by atoms with Gasteiger partial charge in [0.25, 0.3) is 0 Å². The van der Waals surface area contributed by atoms with Crippen molar-refractivity contribution in [1.29, 1.82) is 0 Å². The Morgan fingerprint density at radius 1 is 0.265 bits per heavy atom. The van der Waals surface area contributed by atoms with Crippen LogP contribution in [-0.4, -0.2) is 130 Å². The molecule has 12 aromatic heterocycles. The molecule has 0 radical (unpaired) electrons. The Morgan fingerprint density at radius 3 is 1.13 bits per heavy atom. The molecule has 0 aliphatic heterocycles. The molecular weight excluding hydrogens is 1050 g/mol. The molecule has 0 aliphatic rings. The number of aryl methyl sites for hydroxylation is 12. The fourth-order valence-corrected chi connectivity index (χ4v) is 4.30. The molecule has 12 rings (SSSR count). The summed E-state index contributed by atoms with van der Waals surface area (Å²) in [6, 6.07) is 19.1. The van der Waals surface area contributed by atoms with Crippen LogP contribution in [0.3, 0.4) is 0 Å². The van der Waals surface area contributed by atoms with Crippen molar-refractivity contribution in [3.8, 4) is 0 Å². The molecule has 428 valence electrons. The van der Waals surface area contributed by atoms with Crippen molar-refractivity contribution in [3.63, 3.8) is 0 Å². The molecule has 0 aromatic carbocycles. The van der Waals surface area contributed by atoms with Crippen LogP contribution in [0.15, 0.2) is 210 Å². The number of hydrogen-bond donors (Lipinski definition) is 0. The minimum absolute atomic E-state index is 0.711. The van der Waals surface area contributed by atoms with Crippen molar-refractivity contribution in [1.82, 2.24) is 130 Å². The molecule has 0 amide bonds. The van der Waals surface area contributed by atoms with Gasteiger partial charge in [0.2, 0.25) is 0 Å². The predicted octanol–water partition coefficient (Wildman–Crippen LogP) is 7.85. The van der Waals surface area contributed by atoms with E-state index in [1.54, 1.807) is 123 Å². The number of nitrogens with zero attached hydrogens (tertiary/aromatic N) is 26. The molecule has 26 nitrogen and oxygen atoms in total. The summed E-state index contributed by atoms with van der Waals surface area (Å²) < 4.78 is 1.64. The fraction of sp³-hybridized carbons (Fsp3) is 0.211. The molecule has 0 atom stereocenters. The standard InChI is InChI=1S/2C6H7N.6C5H6N2.3C4H5N3.C3H5N3/c1-6-3-2-4-7-5-6;1-6-4-2-3-5-7-6;1-5-2-6-4-7-3-5;1-5-4-6-2-3-7-5;1-5-2-3-6-4-7-5;1-5-2-3-6-7-4-5;1-5-6-3-2-4-7-5;1-5-3-2-4-6-7-5;1-4-6-2-5-3-7-4;1-4-2-5-3-6-7-4;1-4-5-2-3-6-7-4;1-6-3-4-2-5-6/h2*2-5H,1H3;6*2-4H,1H3;3*2-3H,1H3;2-3H,1H3. The Balaban J connectivity index is 0.000000453. The van der Waals surface area contributed by atoms with E-state index in [0.29, 0.717) is 5.82 Å². The van der Waals surface area contributed by atoms with Gasteiger partial charge in [0.1, 0.15) is 61.8 Å². The summed E-state index contributed by atoms with van der Waals surface area (Å²) in [5.74, 6) is 2.29. The van der Waals surface area contributed by atoms with Gasteiger partial charge in [-0.15, -0.1) is 10.2 Å². The SMILES string of the molecule is Cc1ccccn1.Cc1cccnc1.Cc1cccnn1.Cc1ccncn1.Cc1ccnnc1.Cc1cnccn1.Cc1cncnc1.Cc1cncnn1.Cc1ncccn1.Cc1nccnn1.Cc1ncncn1.Cn1cncn1.